The minimum Gasteiger partial charge on any atom is -0.385 e. The van der Waals surface area contributed by atoms with Crippen molar-refractivity contribution in [3.63, 3.8) is 0 Å². The molecule has 5 nitrogen and oxygen atoms in total. The highest BCUT2D eigenvalue weighted by molar-refractivity contribution is 6.21. The van der Waals surface area contributed by atoms with Crippen molar-refractivity contribution in [1.82, 2.24) is 5.32 Å². The van der Waals surface area contributed by atoms with Gasteiger partial charge in [0.05, 0.1) is 6.04 Å². The maximum atomic E-state index is 11.5. The molecular weight excluding hydrogens is 325 g/mol. The lowest BCUT2D eigenvalue weighted by Crippen LogP contribution is -2.63. The topological polar surface area (TPSA) is 79.9 Å². The SMILES string of the molecule is CCOC1NCC(Cl)CC1C1(O)C(N)=NC2CCC(Cl)CC21. The van der Waals surface area contributed by atoms with E-state index in [4.69, 9.17) is 33.7 Å². The summed E-state index contributed by atoms with van der Waals surface area (Å²) in [5, 5.41) is 14.8. The molecular formula is C15H25Cl2N3O2. The summed E-state index contributed by atoms with van der Waals surface area (Å²) in [6, 6.07) is 0.0676. The van der Waals surface area contributed by atoms with Gasteiger partial charge in [-0.25, -0.2) is 0 Å². The smallest absolute Gasteiger partial charge is 0.133 e. The van der Waals surface area contributed by atoms with Gasteiger partial charge in [0.25, 0.3) is 0 Å². The zero-order valence-corrected chi connectivity index (χ0v) is 14.4. The van der Waals surface area contributed by atoms with Crippen molar-refractivity contribution < 1.29 is 9.84 Å². The Morgan fingerprint density at radius 3 is 2.77 bits per heavy atom. The fraction of sp³-hybridized carbons (Fsp3) is 0.933. The summed E-state index contributed by atoms with van der Waals surface area (Å²) < 4.78 is 5.80. The molecule has 0 aromatic rings. The van der Waals surface area contributed by atoms with E-state index in [0.717, 1.165) is 19.3 Å². The number of fused-ring (bicyclic) bond motifs is 1. The summed E-state index contributed by atoms with van der Waals surface area (Å²) >= 11 is 12.7. The van der Waals surface area contributed by atoms with Crippen LogP contribution in [0.4, 0.5) is 0 Å². The molecule has 2 fully saturated rings. The number of piperidine rings is 1. The summed E-state index contributed by atoms with van der Waals surface area (Å²) in [5.41, 5.74) is 5.00. The zero-order chi connectivity index (χ0) is 15.9. The summed E-state index contributed by atoms with van der Waals surface area (Å²) in [7, 11) is 0. The molecule has 0 amide bonds. The molecule has 3 rings (SSSR count). The second kappa shape index (κ2) is 6.44. The third kappa shape index (κ3) is 2.75. The molecule has 7 heteroatoms. The van der Waals surface area contributed by atoms with Gasteiger partial charge in [0.2, 0.25) is 0 Å². The number of alkyl halides is 2. The molecule has 0 bridgehead atoms. The van der Waals surface area contributed by atoms with Crippen molar-refractivity contribution in [2.24, 2.45) is 22.6 Å². The average Bonchev–Trinajstić information content (AvgIpc) is 2.74. The lowest BCUT2D eigenvalue weighted by atomic mass is 9.67. The minimum atomic E-state index is -1.18. The predicted molar refractivity (Wildman–Crippen MR) is 88.5 cm³/mol. The predicted octanol–water partition coefficient (Wildman–Crippen LogP) is 1.44. The first-order valence-corrected chi connectivity index (χ1v) is 9.03. The van der Waals surface area contributed by atoms with Crippen LogP contribution in [0, 0.1) is 11.8 Å². The fourth-order valence-corrected chi connectivity index (χ4v) is 4.90. The molecule has 3 aliphatic rings. The number of rotatable bonds is 3. The van der Waals surface area contributed by atoms with E-state index in [-0.39, 0.29) is 34.9 Å². The summed E-state index contributed by atoms with van der Waals surface area (Å²) in [6.07, 6.45) is 2.93. The molecule has 22 heavy (non-hydrogen) atoms. The van der Waals surface area contributed by atoms with Crippen LogP contribution in [-0.4, -0.2) is 52.7 Å². The molecule has 0 aromatic carbocycles. The number of nitrogens with zero attached hydrogens (tertiary/aromatic N) is 1. The van der Waals surface area contributed by atoms with Crippen molar-refractivity contribution in [1.29, 1.82) is 0 Å². The Hall–Kier alpha value is -0.0700. The van der Waals surface area contributed by atoms with Gasteiger partial charge in [-0.05, 0) is 32.6 Å². The van der Waals surface area contributed by atoms with Gasteiger partial charge in [0.15, 0.2) is 0 Å². The Kier molecular flexibility index (Phi) is 4.91. The number of hydrogen-bond donors (Lipinski definition) is 3. The van der Waals surface area contributed by atoms with Crippen LogP contribution in [0.1, 0.15) is 32.6 Å². The fourth-order valence-electron chi connectivity index (χ4n) is 4.30. The van der Waals surface area contributed by atoms with Crippen LogP contribution in [0.25, 0.3) is 0 Å². The summed E-state index contributed by atoms with van der Waals surface area (Å²) in [5.74, 6) is 0.0837. The molecule has 1 saturated heterocycles. The van der Waals surface area contributed by atoms with Gasteiger partial charge >= 0.3 is 0 Å². The molecule has 126 valence electrons. The van der Waals surface area contributed by atoms with Gasteiger partial charge in [-0.1, -0.05) is 0 Å². The van der Waals surface area contributed by atoms with E-state index in [2.05, 4.69) is 10.3 Å². The van der Waals surface area contributed by atoms with Crippen molar-refractivity contribution in [2.45, 2.75) is 61.2 Å². The average molecular weight is 350 g/mol. The molecule has 1 saturated carbocycles. The first-order valence-electron chi connectivity index (χ1n) is 8.16. The standard InChI is InChI=1S/C15H25Cl2N3O2/c1-2-22-13-11(6-9(17)7-19-13)15(21)10-5-8(16)3-4-12(10)20-14(15)18/h8-13,19,21H,2-7H2,1H3,(H2,18,20). The monoisotopic (exact) mass is 349 g/mol. The van der Waals surface area contributed by atoms with Crippen molar-refractivity contribution >= 4 is 29.0 Å². The van der Waals surface area contributed by atoms with Crippen LogP contribution in [0.5, 0.6) is 0 Å². The van der Waals surface area contributed by atoms with Crippen molar-refractivity contribution in [2.75, 3.05) is 13.2 Å². The Morgan fingerprint density at radius 2 is 2.05 bits per heavy atom. The molecule has 0 aromatic heterocycles. The van der Waals surface area contributed by atoms with Crippen LogP contribution >= 0.6 is 23.2 Å². The number of aliphatic imine (C=N–C) groups is 1. The second-order valence-electron chi connectivity index (χ2n) is 6.65. The Labute approximate surface area is 141 Å². The number of aliphatic hydroxyl groups is 1. The molecule has 2 aliphatic heterocycles. The molecule has 0 spiro atoms. The van der Waals surface area contributed by atoms with Gasteiger partial charge in [-0.2, -0.15) is 0 Å². The highest BCUT2D eigenvalue weighted by atomic mass is 35.5. The molecule has 1 aliphatic carbocycles. The zero-order valence-electron chi connectivity index (χ0n) is 12.8. The minimum absolute atomic E-state index is 0.0412. The second-order valence-corrected chi connectivity index (χ2v) is 7.88. The number of hydrogen-bond acceptors (Lipinski definition) is 5. The van der Waals surface area contributed by atoms with Gasteiger partial charge in [0, 0.05) is 35.7 Å². The van der Waals surface area contributed by atoms with Gasteiger partial charge in [0.1, 0.15) is 17.7 Å². The van der Waals surface area contributed by atoms with E-state index in [1.165, 1.54) is 0 Å². The summed E-state index contributed by atoms with van der Waals surface area (Å²) in [4.78, 5) is 4.55. The number of nitrogens with one attached hydrogen (secondary N) is 1. The lowest BCUT2D eigenvalue weighted by molar-refractivity contribution is -0.111. The molecule has 0 radical (unpaired) electrons. The Morgan fingerprint density at radius 1 is 1.32 bits per heavy atom. The van der Waals surface area contributed by atoms with Crippen molar-refractivity contribution in [3.8, 4) is 0 Å². The lowest BCUT2D eigenvalue weighted by Gasteiger charge is -2.47. The van der Waals surface area contributed by atoms with E-state index < -0.39 is 5.60 Å². The Balaban J connectivity index is 1.90. The molecule has 7 unspecified atom stereocenters. The van der Waals surface area contributed by atoms with Crippen LogP contribution in [0.2, 0.25) is 0 Å². The number of nitrogens with two attached hydrogens (primary N) is 1. The number of halogens is 2. The quantitative estimate of drug-likeness (QED) is 0.673. The third-order valence-electron chi connectivity index (χ3n) is 5.36. The van der Waals surface area contributed by atoms with E-state index in [1.807, 2.05) is 6.92 Å². The first kappa shape index (κ1) is 16.8. The third-order valence-corrected chi connectivity index (χ3v) is 6.09. The number of ether oxygens (including phenoxy) is 1. The maximum absolute atomic E-state index is 11.5. The highest BCUT2D eigenvalue weighted by Crippen LogP contribution is 2.47. The summed E-state index contributed by atoms with van der Waals surface area (Å²) in [6.45, 7) is 3.18. The molecule has 2 heterocycles. The molecule has 4 N–H and O–H groups in total. The number of amidine groups is 1. The Bertz CT molecular complexity index is 451. The van der Waals surface area contributed by atoms with E-state index in [0.29, 0.717) is 25.4 Å². The maximum Gasteiger partial charge on any atom is 0.133 e. The van der Waals surface area contributed by atoms with E-state index in [9.17, 15) is 5.11 Å². The van der Waals surface area contributed by atoms with Crippen LogP contribution < -0.4 is 11.1 Å². The normalized spacial score (nSPS) is 48.8. The van der Waals surface area contributed by atoms with Crippen LogP contribution in [0.3, 0.4) is 0 Å². The first-order chi connectivity index (χ1) is 10.5. The van der Waals surface area contributed by atoms with Crippen LogP contribution in [0.15, 0.2) is 4.99 Å². The van der Waals surface area contributed by atoms with Gasteiger partial charge in [-0.15, -0.1) is 23.2 Å². The van der Waals surface area contributed by atoms with E-state index >= 15 is 0 Å². The largest absolute Gasteiger partial charge is 0.385 e. The molecule has 7 atom stereocenters. The van der Waals surface area contributed by atoms with E-state index in [1.54, 1.807) is 0 Å². The van der Waals surface area contributed by atoms with Crippen molar-refractivity contribution in [3.05, 3.63) is 0 Å². The van der Waals surface area contributed by atoms with Gasteiger partial charge < -0.3 is 15.6 Å². The van der Waals surface area contributed by atoms with Gasteiger partial charge in [-0.3, -0.25) is 10.3 Å². The highest BCUT2D eigenvalue weighted by Gasteiger charge is 2.58. The van der Waals surface area contributed by atoms with Crippen LogP contribution in [-0.2, 0) is 4.74 Å².